The highest BCUT2D eigenvalue weighted by atomic mass is 16.2. The van der Waals surface area contributed by atoms with E-state index in [1.807, 2.05) is 43.0 Å². The van der Waals surface area contributed by atoms with Gasteiger partial charge in [-0.2, -0.15) is 0 Å². The van der Waals surface area contributed by atoms with Crippen LogP contribution in [-0.2, 0) is 4.79 Å². The van der Waals surface area contributed by atoms with E-state index < -0.39 is 0 Å². The highest BCUT2D eigenvalue weighted by Crippen LogP contribution is 2.11. The Labute approximate surface area is 120 Å². The minimum absolute atomic E-state index is 0.0427. The minimum Gasteiger partial charge on any atom is -0.337 e. The molecule has 4 nitrogen and oxygen atoms in total. The zero-order chi connectivity index (χ0) is 14.5. The molecule has 1 fully saturated rings. The average Bonchev–Trinajstić information content (AvgIpc) is 2.45. The second-order valence-electron chi connectivity index (χ2n) is 5.43. The number of hydrogen-bond acceptors (Lipinski definition) is 3. The SMILES string of the molecule is Cc1ccc(C(=O)CCC(=O)N2CCNC[C@@H]2C)cc1. The van der Waals surface area contributed by atoms with Gasteiger partial charge >= 0.3 is 0 Å². The number of carbonyl (C=O) groups is 2. The van der Waals surface area contributed by atoms with E-state index in [9.17, 15) is 9.59 Å². The fourth-order valence-electron chi connectivity index (χ4n) is 2.46. The summed E-state index contributed by atoms with van der Waals surface area (Å²) < 4.78 is 0. The molecule has 0 spiro atoms. The van der Waals surface area contributed by atoms with Crippen LogP contribution in [0.5, 0.6) is 0 Å². The van der Waals surface area contributed by atoms with E-state index >= 15 is 0 Å². The van der Waals surface area contributed by atoms with E-state index in [4.69, 9.17) is 0 Å². The van der Waals surface area contributed by atoms with Crippen LogP contribution in [0.4, 0.5) is 0 Å². The molecule has 4 heteroatoms. The number of nitrogens with zero attached hydrogens (tertiary/aromatic N) is 1. The van der Waals surface area contributed by atoms with Crippen LogP contribution in [0.2, 0.25) is 0 Å². The van der Waals surface area contributed by atoms with Crippen molar-refractivity contribution in [2.75, 3.05) is 19.6 Å². The van der Waals surface area contributed by atoms with Crippen molar-refractivity contribution in [1.29, 1.82) is 0 Å². The number of amides is 1. The molecule has 1 aromatic carbocycles. The van der Waals surface area contributed by atoms with Crippen molar-refractivity contribution in [2.45, 2.75) is 32.7 Å². The van der Waals surface area contributed by atoms with Crippen LogP contribution in [0.15, 0.2) is 24.3 Å². The van der Waals surface area contributed by atoms with Crippen LogP contribution in [0.3, 0.4) is 0 Å². The summed E-state index contributed by atoms with van der Waals surface area (Å²) in [6.07, 6.45) is 0.593. The number of Topliss-reactive ketones (excluding diaryl/α,β-unsaturated/α-hetero) is 1. The van der Waals surface area contributed by atoms with Crippen LogP contribution < -0.4 is 5.32 Å². The quantitative estimate of drug-likeness (QED) is 0.851. The number of hydrogen-bond donors (Lipinski definition) is 1. The molecule has 1 aliphatic rings. The average molecular weight is 274 g/mol. The molecule has 0 radical (unpaired) electrons. The minimum atomic E-state index is 0.0427. The van der Waals surface area contributed by atoms with E-state index in [0.717, 1.165) is 25.2 Å². The highest BCUT2D eigenvalue weighted by molar-refractivity contribution is 5.98. The first-order valence-corrected chi connectivity index (χ1v) is 7.18. The lowest BCUT2D eigenvalue weighted by Crippen LogP contribution is -2.52. The summed E-state index contributed by atoms with van der Waals surface area (Å²) in [4.78, 5) is 26.1. The fourth-order valence-corrected chi connectivity index (χ4v) is 2.46. The van der Waals surface area contributed by atoms with Crippen LogP contribution in [0.25, 0.3) is 0 Å². The standard InChI is InChI=1S/C16H22N2O2/c1-12-3-5-14(6-4-12)15(19)7-8-16(20)18-10-9-17-11-13(18)2/h3-6,13,17H,7-11H2,1-2H3/t13-/m0/s1. The second-order valence-corrected chi connectivity index (χ2v) is 5.43. The highest BCUT2D eigenvalue weighted by Gasteiger charge is 2.23. The molecule has 1 aliphatic heterocycles. The summed E-state index contributed by atoms with van der Waals surface area (Å²) in [7, 11) is 0. The Bertz CT molecular complexity index is 482. The predicted molar refractivity (Wildman–Crippen MR) is 78.8 cm³/mol. The second kappa shape index (κ2) is 6.66. The Morgan fingerprint density at radius 2 is 1.95 bits per heavy atom. The van der Waals surface area contributed by atoms with Crippen molar-refractivity contribution in [2.24, 2.45) is 0 Å². The van der Waals surface area contributed by atoms with Gasteiger partial charge in [0.15, 0.2) is 5.78 Å². The Balaban J connectivity index is 1.86. The number of piperazine rings is 1. The number of rotatable bonds is 4. The van der Waals surface area contributed by atoms with Crippen LogP contribution in [-0.4, -0.2) is 42.3 Å². The van der Waals surface area contributed by atoms with Crippen molar-refractivity contribution in [3.8, 4) is 0 Å². The van der Waals surface area contributed by atoms with Crippen LogP contribution in [0.1, 0.15) is 35.7 Å². The first-order valence-electron chi connectivity index (χ1n) is 7.18. The molecule has 108 valence electrons. The molecular formula is C16H22N2O2. The lowest BCUT2D eigenvalue weighted by atomic mass is 10.0. The molecule has 1 N–H and O–H groups in total. The molecule has 1 atom stereocenters. The molecule has 0 unspecified atom stereocenters. The summed E-state index contributed by atoms with van der Waals surface area (Å²) in [6, 6.07) is 7.72. The monoisotopic (exact) mass is 274 g/mol. The number of carbonyl (C=O) groups excluding carboxylic acids is 2. The molecular weight excluding hydrogens is 252 g/mol. The molecule has 1 aromatic rings. The van der Waals surface area contributed by atoms with Gasteiger partial charge in [0, 0.05) is 44.1 Å². The predicted octanol–water partition coefficient (Wildman–Crippen LogP) is 1.78. The molecule has 2 rings (SSSR count). The summed E-state index contributed by atoms with van der Waals surface area (Å²) in [5, 5.41) is 3.25. The number of nitrogens with one attached hydrogen (secondary N) is 1. The smallest absolute Gasteiger partial charge is 0.223 e. The largest absolute Gasteiger partial charge is 0.337 e. The van der Waals surface area contributed by atoms with Crippen molar-refractivity contribution >= 4 is 11.7 Å². The molecule has 1 amide bonds. The third-order valence-corrected chi connectivity index (χ3v) is 3.76. The van der Waals surface area contributed by atoms with Crippen LogP contribution in [0, 0.1) is 6.92 Å². The van der Waals surface area contributed by atoms with Crippen molar-refractivity contribution < 1.29 is 9.59 Å². The molecule has 0 aromatic heterocycles. The third kappa shape index (κ3) is 3.67. The van der Waals surface area contributed by atoms with Gasteiger partial charge in [-0.05, 0) is 13.8 Å². The number of benzene rings is 1. The van der Waals surface area contributed by atoms with E-state index in [1.54, 1.807) is 0 Å². The Morgan fingerprint density at radius 1 is 1.25 bits per heavy atom. The van der Waals surface area contributed by atoms with E-state index in [1.165, 1.54) is 0 Å². The molecule has 0 saturated carbocycles. The van der Waals surface area contributed by atoms with Crippen molar-refractivity contribution in [3.05, 3.63) is 35.4 Å². The fraction of sp³-hybridized carbons (Fsp3) is 0.500. The molecule has 1 heterocycles. The molecule has 20 heavy (non-hydrogen) atoms. The van der Waals surface area contributed by atoms with Gasteiger partial charge in [0.1, 0.15) is 0 Å². The maximum absolute atomic E-state index is 12.1. The summed E-state index contributed by atoms with van der Waals surface area (Å²) in [5.74, 6) is 0.126. The van der Waals surface area contributed by atoms with Gasteiger partial charge in [-0.25, -0.2) is 0 Å². The Hall–Kier alpha value is -1.68. The lowest BCUT2D eigenvalue weighted by Gasteiger charge is -2.34. The van der Waals surface area contributed by atoms with Gasteiger partial charge in [-0.15, -0.1) is 0 Å². The summed E-state index contributed by atoms with van der Waals surface area (Å²) in [5.41, 5.74) is 1.82. The van der Waals surface area contributed by atoms with Crippen molar-refractivity contribution in [1.82, 2.24) is 10.2 Å². The molecule has 0 aliphatic carbocycles. The van der Waals surface area contributed by atoms with E-state index in [2.05, 4.69) is 5.32 Å². The normalized spacial score (nSPS) is 18.9. The van der Waals surface area contributed by atoms with Crippen LogP contribution >= 0.6 is 0 Å². The summed E-state index contributed by atoms with van der Waals surface area (Å²) in [6.45, 7) is 6.42. The zero-order valence-electron chi connectivity index (χ0n) is 12.2. The van der Waals surface area contributed by atoms with Gasteiger partial charge < -0.3 is 10.2 Å². The number of ketones is 1. The lowest BCUT2D eigenvalue weighted by molar-refractivity contribution is -0.133. The van der Waals surface area contributed by atoms with E-state index in [-0.39, 0.29) is 17.7 Å². The Kier molecular flexibility index (Phi) is 4.90. The van der Waals surface area contributed by atoms with Gasteiger partial charge in [0.25, 0.3) is 0 Å². The van der Waals surface area contributed by atoms with Gasteiger partial charge in [0.2, 0.25) is 5.91 Å². The number of aryl methyl sites for hydroxylation is 1. The van der Waals surface area contributed by atoms with Gasteiger partial charge in [0.05, 0.1) is 0 Å². The van der Waals surface area contributed by atoms with E-state index in [0.29, 0.717) is 18.4 Å². The van der Waals surface area contributed by atoms with Crippen molar-refractivity contribution in [3.63, 3.8) is 0 Å². The maximum atomic E-state index is 12.1. The first kappa shape index (κ1) is 14.7. The first-order chi connectivity index (χ1) is 9.58. The molecule has 1 saturated heterocycles. The van der Waals surface area contributed by atoms with Gasteiger partial charge in [-0.3, -0.25) is 9.59 Å². The molecule has 0 bridgehead atoms. The maximum Gasteiger partial charge on any atom is 0.223 e. The zero-order valence-corrected chi connectivity index (χ0v) is 12.2. The topological polar surface area (TPSA) is 49.4 Å². The Morgan fingerprint density at radius 3 is 2.60 bits per heavy atom. The van der Waals surface area contributed by atoms with Gasteiger partial charge in [-0.1, -0.05) is 29.8 Å². The summed E-state index contributed by atoms with van der Waals surface area (Å²) >= 11 is 0. The third-order valence-electron chi connectivity index (χ3n) is 3.76.